The Labute approximate surface area is 136 Å². The van der Waals surface area contributed by atoms with Crippen molar-refractivity contribution in [2.45, 2.75) is 115 Å². The Hall–Kier alpha value is -0.120. The zero-order valence-corrected chi connectivity index (χ0v) is 14.6. The second kappa shape index (κ2) is 9.89. The van der Waals surface area contributed by atoms with Gasteiger partial charge in [-0.15, -0.1) is 0 Å². The number of rotatable bonds is 14. The summed E-state index contributed by atoms with van der Waals surface area (Å²) >= 11 is 0. The van der Waals surface area contributed by atoms with Crippen molar-refractivity contribution in [3.8, 4) is 0 Å². The molecule has 2 aliphatic heterocycles. The van der Waals surface area contributed by atoms with E-state index in [1.165, 1.54) is 70.6 Å². The Morgan fingerprint density at radius 1 is 0.818 bits per heavy atom. The molecular weight excluding hydrogens is 276 g/mol. The van der Waals surface area contributed by atoms with Crippen LogP contribution < -0.4 is 0 Å². The van der Waals surface area contributed by atoms with Crippen LogP contribution in [-0.4, -0.2) is 29.7 Å². The van der Waals surface area contributed by atoms with Crippen LogP contribution in [0.25, 0.3) is 0 Å². The first-order valence-electron chi connectivity index (χ1n) is 9.69. The van der Waals surface area contributed by atoms with Crippen LogP contribution in [-0.2, 0) is 9.47 Å². The summed E-state index contributed by atoms with van der Waals surface area (Å²) in [6, 6.07) is 0. The van der Waals surface area contributed by atoms with E-state index >= 15 is 0 Å². The number of hydrogen-bond donors (Lipinski definition) is 1. The molecule has 3 heteroatoms. The molecule has 2 fully saturated rings. The lowest BCUT2D eigenvalue weighted by molar-refractivity contribution is 0.156. The topological polar surface area (TPSA) is 45.3 Å². The third kappa shape index (κ3) is 7.43. The molecule has 1 N–H and O–H groups in total. The maximum Gasteiger partial charge on any atom is 0.181 e. The number of ether oxygens (including phenoxy) is 2. The average Bonchev–Trinajstić information content (AvgIpc) is 3.38. The summed E-state index contributed by atoms with van der Waals surface area (Å²) in [6.07, 6.45) is 16.4. The maximum atomic E-state index is 9.05. The summed E-state index contributed by atoms with van der Waals surface area (Å²) in [5.74, 6) is 0.816. The zero-order valence-electron chi connectivity index (χ0n) is 14.6. The van der Waals surface area contributed by atoms with E-state index in [2.05, 4.69) is 13.8 Å². The fraction of sp³-hybridized carbons (Fsp3) is 1.00. The Balaban J connectivity index is 1.33. The van der Waals surface area contributed by atoms with E-state index in [-0.39, 0.29) is 6.10 Å². The highest BCUT2D eigenvalue weighted by molar-refractivity contribution is 4.85. The lowest BCUT2D eigenvalue weighted by Gasteiger charge is -2.09. The number of aliphatic hydroxyl groups is 1. The molecule has 0 aromatic heterocycles. The van der Waals surface area contributed by atoms with Crippen LogP contribution in [0.1, 0.15) is 90.9 Å². The molecular formula is C19H36O3. The van der Waals surface area contributed by atoms with Gasteiger partial charge in [-0.2, -0.15) is 0 Å². The molecule has 130 valence electrons. The molecule has 3 nitrogen and oxygen atoms in total. The third-order valence-corrected chi connectivity index (χ3v) is 5.16. The summed E-state index contributed by atoms with van der Waals surface area (Å²) < 4.78 is 10.8. The van der Waals surface area contributed by atoms with Crippen LogP contribution in [0.15, 0.2) is 0 Å². The minimum Gasteiger partial charge on any atom is -0.370 e. The summed E-state index contributed by atoms with van der Waals surface area (Å²) in [5.41, 5.74) is 0. The van der Waals surface area contributed by atoms with E-state index in [1.54, 1.807) is 0 Å². The van der Waals surface area contributed by atoms with Crippen molar-refractivity contribution in [1.29, 1.82) is 0 Å². The Morgan fingerprint density at radius 2 is 1.45 bits per heavy atom. The van der Waals surface area contributed by atoms with Gasteiger partial charge < -0.3 is 14.6 Å². The minimum atomic E-state index is -0.448. The van der Waals surface area contributed by atoms with Gasteiger partial charge in [0.25, 0.3) is 0 Å². The van der Waals surface area contributed by atoms with Gasteiger partial charge in [0.2, 0.25) is 0 Å². The van der Waals surface area contributed by atoms with E-state index in [1.807, 2.05) is 0 Å². The van der Waals surface area contributed by atoms with E-state index in [9.17, 15) is 0 Å². The molecule has 0 aliphatic carbocycles. The van der Waals surface area contributed by atoms with Gasteiger partial charge >= 0.3 is 0 Å². The third-order valence-electron chi connectivity index (χ3n) is 5.16. The normalized spacial score (nSPS) is 31.2. The largest absolute Gasteiger partial charge is 0.370 e. The molecule has 2 saturated heterocycles. The van der Waals surface area contributed by atoms with Crippen LogP contribution in [0.5, 0.6) is 0 Å². The maximum absolute atomic E-state index is 9.05. The molecule has 5 atom stereocenters. The summed E-state index contributed by atoms with van der Waals surface area (Å²) in [6.45, 7) is 4.65. The first-order chi connectivity index (χ1) is 10.7. The SMILES string of the molecule is CCCCCC1OC1CC(C)CCCCCCCC1OC1O. The number of epoxide rings is 2. The van der Waals surface area contributed by atoms with Gasteiger partial charge in [0, 0.05) is 0 Å². The molecule has 0 spiro atoms. The van der Waals surface area contributed by atoms with Gasteiger partial charge in [0.05, 0.1) is 12.2 Å². The minimum absolute atomic E-state index is 0.156. The van der Waals surface area contributed by atoms with Crippen molar-refractivity contribution in [3.05, 3.63) is 0 Å². The molecule has 2 aliphatic rings. The predicted molar refractivity (Wildman–Crippen MR) is 89.8 cm³/mol. The van der Waals surface area contributed by atoms with Crippen molar-refractivity contribution < 1.29 is 14.6 Å². The lowest BCUT2D eigenvalue weighted by Crippen LogP contribution is -2.03. The molecule has 0 amide bonds. The number of aliphatic hydroxyl groups excluding tert-OH is 1. The van der Waals surface area contributed by atoms with Gasteiger partial charge in [-0.1, -0.05) is 71.6 Å². The molecule has 22 heavy (non-hydrogen) atoms. The molecule has 0 radical (unpaired) electrons. The predicted octanol–water partition coefficient (Wildman–Crippen LogP) is 4.81. The molecule has 0 aromatic carbocycles. The fourth-order valence-electron chi connectivity index (χ4n) is 3.46. The molecule has 2 heterocycles. The summed E-state index contributed by atoms with van der Waals surface area (Å²) in [4.78, 5) is 0. The van der Waals surface area contributed by atoms with Crippen molar-refractivity contribution in [1.82, 2.24) is 0 Å². The highest BCUT2D eigenvalue weighted by atomic mass is 16.7. The van der Waals surface area contributed by atoms with Crippen molar-refractivity contribution in [2.75, 3.05) is 0 Å². The molecule has 5 unspecified atom stereocenters. The Morgan fingerprint density at radius 3 is 2.18 bits per heavy atom. The van der Waals surface area contributed by atoms with Gasteiger partial charge in [0.1, 0.15) is 6.10 Å². The standard InChI is InChI=1S/C19H36O3/c1-3-4-8-12-16-18(21-16)14-15(2)11-9-6-5-7-10-13-17-19(20)22-17/h15-20H,3-14H2,1-2H3. The molecule has 0 bridgehead atoms. The second-order valence-electron chi connectivity index (χ2n) is 7.46. The van der Waals surface area contributed by atoms with E-state index < -0.39 is 6.29 Å². The monoisotopic (exact) mass is 312 g/mol. The second-order valence-corrected chi connectivity index (χ2v) is 7.46. The number of unbranched alkanes of at least 4 members (excludes halogenated alkanes) is 6. The average molecular weight is 312 g/mol. The van der Waals surface area contributed by atoms with E-state index in [0.29, 0.717) is 12.2 Å². The summed E-state index contributed by atoms with van der Waals surface area (Å²) in [5, 5.41) is 9.05. The van der Waals surface area contributed by atoms with Crippen molar-refractivity contribution in [2.24, 2.45) is 5.92 Å². The highest BCUT2D eigenvalue weighted by Crippen LogP contribution is 2.33. The lowest BCUT2D eigenvalue weighted by atomic mass is 9.96. The molecule has 2 rings (SSSR count). The van der Waals surface area contributed by atoms with Crippen LogP contribution in [0.2, 0.25) is 0 Å². The Kier molecular flexibility index (Phi) is 8.19. The van der Waals surface area contributed by atoms with Crippen molar-refractivity contribution >= 4 is 0 Å². The van der Waals surface area contributed by atoms with E-state index in [0.717, 1.165) is 12.3 Å². The number of hydrogen-bond acceptors (Lipinski definition) is 3. The highest BCUT2D eigenvalue weighted by Gasteiger charge is 2.38. The van der Waals surface area contributed by atoms with Crippen LogP contribution in [0.4, 0.5) is 0 Å². The van der Waals surface area contributed by atoms with Crippen LogP contribution >= 0.6 is 0 Å². The van der Waals surface area contributed by atoms with Gasteiger partial charge in [0.15, 0.2) is 6.29 Å². The molecule has 0 saturated carbocycles. The van der Waals surface area contributed by atoms with Gasteiger partial charge in [-0.05, 0) is 25.2 Å². The van der Waals surface area contributed by atoms with E-state index in [4.69, 9.17) is 14.6 Å². The summed E-state index contributed by atoms with van der Waals surface area (Å²) in [7, 11) is 0. The first-order valence-corrected chi connectivity index (χ1v) is 9.69. The van der Waals surface area contributed by atoms with Crippen LogP contribution in [0.3, 0.4) is 0 Å². The van der Waals surface area contributed by atoms with Crippen molar-refractivity contribution in [3.63, 3.8) is 0 Å². The first kappa shape index (κ1) is 18.2. The molecule has 0 aromatic rings. The van der Waals surface area contributed by atoms with Gasteiger partial charge in [-0.25, -0.2) is 0 Å². The fourth-order valence-corrected chi connectivity index (χ4v) is 3.46. The van der Waals surface area contributed by atoms with Gasteiger partial charge in [-0.3, -0.25) is 0 Å². The van der Waals surface area contributed by atoms with Crippen LogP contribution in [0, 0.1) is 5.92 Å². The quantitative estimate of drug-likeness (QED) is 0.370. The zero-order chi connectivity index (χ0) is 15.8. The Bertz CT molecular complexity index is 294. The smallest absolute Gasteiger partial charge is 0.181 e.